The van der Waals surface area contributed by atoms with Gasteiger partial charge in [-0.15, -0.1) is 0 Å². The molecule has 1 atom stereocenters. The largest absolute Gasteiger partial charge is 0.346 e. The van der Waals surface area contributed by atoms with E-state index in [0.29, 0.717) is 11.3 Å². The minimum absolute atomic E-state index is 0.00174. The first-order valence-electron chi connectivity index (χ1n) is 9.52. The highest BCUT2D eigenvalue weighted by Gasteiger charge is 2.18. The van der Waals surface area contributed by atoms with E-state index >= 15 is 0 Å². The van der Waals surface area contributed by atoms with Crippen molar-refractivity contribution in [2.45, 2.75) is 46.6 Å². The van der Waals surface area contributed by atoms with Crippen LogP contribution in [0.3, 0.4) is 0 Å². The first-order valence-corrected chi connectivity index (χ1v) is 9.52. The fourth-order valence-electron chi connectivity index (χ4n) is 2.53. The molecule has 0 heterocycles. The minimum Gasteiger partial charge on any atom is -0.346 e. The summed E-state index contributed by atoms with van der Waals surface area (Å²) < 4.78 is 0. The lowest BCUT2D eigenvalue weighted by Crippen LogP contribution is -2.46. The van der Waals surface area contributed by atoms with E-state index in [-0.39, 0.29) is 30.2 Å². The van der Waals surface area contributed by atoms with Gasteiger partial charge in [-0.3, -0.25) is 14.4 Å². The summed E-state index contributed by atoms with van der Waals surface area (Å²) in [5, 5.41) is 5.21. The van der Waals surface area contributed by atoms with E-state index in [1.54, 1.807) is 24.3 Å². The Labute approximate surface area is 161 Å². The normalized spacial score (nSPS) is 11.8. The average Bonchev–Trinajstić information content (AvgIpc) is 2.65. The van der Waals surface area contributed by atoms with Crippen molar-refractivity contribution in [2.75, 3.05) is 25.0 Å². The number of amides is 3. The second-order valence-corrected chi connectivity index (χ2v) is 6.91. The van der Waals surface area contributed by atoms with Crippen molar-refractivity contribution in [1.29, 1.82) is 0 Å². The number of nitrogens with two attached hydrogens (primary N) is 1. The maximum Gasteiger partial charge on any atom is 0.253 e. The Morgan fingerprint density at radius 1 is 1.04 bits per heavy atom. The predicted octanol–water partition coefficient (Wildman–Crippen LogP) is 1.99. The molecule has 1 aromatic rings. The zero-order chi connectivity index (χ0) is 20.4. The van der Waals surface area contributed by atoms with E-state index in [9.17, 15) is 14.4 Å². The van der Waals surface area contributed by atoms with Gasteiger partial charge in [0, 0.05) is 24.3 Å². The minimum atomic E-state index is -0.641. The first kappa shape index (κ1) is 22.6. The number of benzene rings is 1. The summed E-state index contributed by atoms with van der Waals surface area (Å²) in [6, 6.07) is 6.12. The summed E-state index contributed by atoms with van der Waals surface area (Å²) in [5.41, 5.74) is 6.89. The van der Waals surface area contributed by atoms with Gasteiger partial charge < -0.3 is 21.3 Å². The van der Waals surface area contributed by atoms with Crippen LogP contribution < -0.4 is 16.4 Å². The number of nitrogens with zero attached hydrogens (tertiary/aromatic N) is 1. The van der Waals surface area contributed by atoms with Gasteiger partial charge in [0.1, 0.15) is 0 Å². The van der Waals surface area contributed by atoms with Gasteiger partial charge in [-0.25, -0.2) is 0 Å². The number of anilines is 1. The van der Waals surface area contributed by atoms with E-state index in [1.807, 2.05) is 32.6 Å². The van der Waals surface area contributed by atoms with Crippen LogP contribution in [0.1, 0.15) is 50.9 Å². The highest BCUT2D eigenvalue weighted by molar-refractivity contribution is 5.97. The molecular formula is C20H32N4O3. The standard InChI is InChI=1S/C20H32N4O3/c1-5-11-24(12-6-2)20(27)15-7-9-16(10-8-15)23-17(25)13-22-19(26)18(21)14(3)4/h7-10,14,18H,5-6,11-13,21H2,1-4H3,(H,22,26)(H,23,25)/t18-/m0/s1. The summed E-state index contributed by atoms with van der Waals surface area (Å²) in [5.74, 6) is -0.713. The van der Waals surface area contributed by atoms with Crippen LogP contribution in [0.15, 0.2) is 24.3 Å². The van der Waals surface area contributed by atoms with Crippen LogP contribution in [0.5, 0.6) is 0 Å². The van der Waals surface area contributed by atoms with E-state index in [2.05, 4.69) is 10.6 Å². The molecule has 4 N–H and O–H groups in total. The Hall–Kier alpha value is -2.41. The lowest BCUT2D eigenvalue weighted by Gasteiger charge is -2.21. The second-order valence-electron chi connectivity index (χ2n) is 6.91. The molecular weight excluding hydrogens is 344 g/mol. The van der Waals surface area contributed by atoms with Gasteiger partial charge in [-0.1, -0.05) is 27.7 Å². The molecule has 0 unspecified atom stereocenters. The Kier molecular flexibility index (Phi) is 9.50. The molecule has 0 bridgehead atoms. The van der Waals surface area contributed by atoms with Crippen molar-refractivity contribution in [3.05, 3.63) is 29.8 Å². The Bertz CT molecular complexity index is 623. The highest BCUT2D eigenvalue weighted by Crippen LogP contribution is 2.12. The van der Waals surface area contributed by atoms with Crippen molar-refractivity contribution in [3.8, 4) is 0 Å². The predicted molar refractivity (Wildman–Crippen MR) is 107 cm³/mol. The van der Waals surface area contributed by atoms with Crippen molar-refractivity contribution in [1.82, 2.24) is 10.2 Å². The van der Waals surface area contributed by atoms with Crippen LogP contribution in [0, 0.1) is 5.92 Å². The summed E-state index contributed by atoms with van der Waals surface area (Å²) in [4.78, 5) is 38.1. The van der Waals surface area contributed by atoms with Crippen molar-refractivity contribution < 1.29 is 14.4 Å². The van der Waals surface area contributed by atoms with E-state index in [0.717, 1.165) is 25.9 Å². The molecule has 7 nitrogen and oxygen atoms in total. The summed E-state index contributed by atoms with van der Waals surface area (Å²) >= 11 is 0. The van der Waals surface area contributed by atoms with Crippen LogP contribution in [-0.4, -0.2) is 48.3 Å². The fraction of sp³-hybridized carbons (Fsp3) is 0.550. The topological polar surface area (TPSA) is 105 Å². The number of carbonyl (C=O) groups is 3. The van der Waals surface area contributed by atoms with Gasteiger partial charge in [0.2, 0.25) is 11.8 Å². The van der Waals surface area contributed by atoms with E-state index in [1.165, 1.54) is 0 Å². The molecule has 0 aliphatic rings. The van der Waals surface area contributed by atoms with E-state index < -0.39 is 6.04 Å². The quantitative estimate of drug-likeness (QED) is 0.581. The average molecular weight is 377 g/mol. The van der Waals surface area contributed by atoms with Gasteiger partial charge in [0.15, 0.2) is 0 Å². The molecule has 1 aromatic carbocycles. The van der Waals surface area contributed by atoms with Crippen molar-refractivity contribution in [3.63, 3.8) is 0 Å². The van der Waals surface area contributed by atoms with Crippen LogP contribution >= 0.6 is 0 Å². The van der Waals surface area contributed by atoms with E-state index in [4.69, 9.17) is 5.73 Å². The molecule has 0 aliphatic heterocycles. The number of nitrogens with one attached hydrogen (secondary N) is 2. The highest BCUT2D eigenvalue weighted by atomic mass is 16.2. The Morgan fingerprint density at radius 3 is 2.07 bits per heavy atom. The summed E-state index contributed by atoms with van der Waals surface area (Å²) in [7, 11) is 0. The Morgan fingerprint density at radius 2 is 1.59 bits per heavy atom. The second kappa shape index (κ2) is 11.3. The zero-order valence-electron chi connectivity index (χ0n) is 16.7. The number of hydrogen-bond acceptors (Lipinski definition) is 4. The maximum atomic E-state index is 12.5. The molecule has 0 radical (unpaired) electrons. The Balaban J connectivity index is 2.59. The molecule has 0 fully saturated rings. The maximum absolute atomic E-state index is 12.5. The lowest BCUT2D eigenvalue weighted by atomic mass is 10.1. The monoisotopic (exact) mass is 376 g/mol. The zero-order valence-corrected chi connectivity index (χ0v) is 16.7. The van der Waals surface area contributed by atoms with Crippen LogP contribution in [0.4, 0.5) is 5.69 Å². The SMILES string of the molecule is CCCN(CCC)C(=O)c1ccc(NC(=O)CNC(=O)[C@@H](N)C(C)C)cc1. The van der Waals surface area contributed by atoms with Crippen LogP contribution in [0.25, 0.3) is 0 Å². The lowest BCUT2D eigenvalue weighted by molar-refractivity contribution is -0.125. The van der Waals surface area contributed by atoms with Gasteiger partial charge in [-0.2, -0.15) is 0 Å². The third-order valence-electron chi connectivity index (χ3n) is 4.13. The van der Waals surface area contributed by atoms with Gasteiger partial charge >= 0.3 is 0 Å². The van der Waals surface area contributed by atoms with Crippen molar-refractivity contribution >= 4 is 23.4 Å². The van der Waals surface area contributed by atoms with Gasteiger partial charge in [0.25, 0.3) is 5.91 Å². The molecule has 27 heavy (non-hydrogen) atoms. The van der Waals surface area contributed by atoms with Gasteiger partial charge in [0.05, 0.1) is 12.6 Å². The molecule has 0 aliphatic carbocycles. The molecule has 150 valence electrons. The number of carbonyl (C=O) groups excluding carboxylic acids is 3. The summed E-state index contributed by atoms with van der Waals surface area (Å²) in [6.45, 7) is 9.07. The molecule has 0 saturated carbocycles. The fourth-order valence-corrected chi connectivity index (χ4v) is 2.53. The molecule has 0 aromatic heterocycles. The molecule has 0 saturated heterocycles. The third-order valence-corrected chi connectivity index (χ3v) is 4.13. The molecule has 3 amide bonds. The molecule has 7 heteroatoms. The molecule has 1 rings (SSSR count). The number of hydrogen-bond donors (Lipinski definition) is 3. The van der Waals surface area contributed by atoms with Crippen LogP contribution in [0.2, 0.25) is 0 Å². The van der Waals surface area contributed by atoms with Crippen LogP contribution in [-0.2, 0) is 9.59 Å². The third kappa shape index (κ3) is 7.38. The van der Waals surface area contributed by atoms with Crippen molar-refractivity contribution in [2.24, 2.45) is 11.7 Å². The smallest absolute Gasteiger partial charge is 0.253 e. The first-order chi connectivity index (χ1) is 12.8. The summed E-state index contributed by atoms with van der Waals surface area (Å²) in [6.07, 6.45) is 1.82. The number of rotatable bonds is 10. The molecule has 0 spiro atoms. The van der Waals surface area contributed by atoms with Gasteiger partial charge in [-0.05, 0) is 43.0 Å².